The van der Waals surface area contributed by atoms with Crippen molar-refractivity contribution in [1.82, 2.24) is 5.32 Å². The zero-order valence-electron chi connectivity index (χ0n) is 13.8. The summed E-state index contributed by atoms with van der Waals surface area (Å²) in [4.78, 5) is 12.1. The normalized spacial score (nSPS) is 10.8. The van der Waals surface area contributed by atoms with Gasteiger partial charge in [0.15, 0.2) is 0 Å². The van der Waals surface area contributed by atoms with Gasteiger partial charge in [-0.2, -0.15) is 5.26 Å². The number of rotatable bonds is 8. The van der Waals surface area contributed by atoms with Crippen molar-refractivity contribution in [3.05, 3.63) is 77.0 Å². The number of halogens is 1. The molecule has 2 N–H and O–H groups in total. The van der Waals surface area contributed by atoms with Crippen molar-refractivity contribution in [2.24, 2.45) is 0 Å². The van der Waals surface area contributed by atoms with Gasteiger partial charge in [0, 0.05) is 23.5 Å². The minimum absolute atomic E-state index is 0.0306. The SMILES string of the molecule is N#C/C(=C/NCCCCc1ccccc1)C(=O)Nc1cccc(Cl)c1. The van der Waals surface area contributed by atoms with E-state index in [1.165, 1.54) is 11.8 Å². The van der Waals surface area contributed by atoms with E-state index in [4.69, 9.17) is 16.9 Å². The first-order valence-electron chi connectivity index (χ1n) is 8.13. The molecule has 0 aliphatic carbocycles. The van der Waals surface area contributed by atoms with Crippen LogP contribution in [-0.2, 0) is 11.2 Å². The monoisotopic (exact) mass is 353 g/mol. The molecule has 0 aliphatic rings. The Hall–Kier alpha value is -2.77. The summed E-state index contributed by atoms with van der Waals surface area (Å²) in [7, 11) is 0. The van der Waals surface area contributed by atoms with Gasteiger partial charge in [-0.15, -0.1) is 0 Å². The van der Waals surface area contributed by atoms with Crippen LogP contribution < -0.4 is 10.6 Å². The van der Waals surface area contributed by atoms with E-state index < -0.39 is 5.91 Å². The molecule has 0 bridgehead atoms. The van der Waals surface area contributed by atoms with E-state index >= 15 is 0 Å². The van der Waals surface area contributed by atoms with Gasteiger partial charge in [-0.1, -0.05) is 48.0 Å². The summed E-state index contributed by atoms with van der Waals surface area (Å²) in [5, 5.41) is 15.3. The molecule has 2 aromatic carbocycles. The lowest BCUT2D eigenvalue weighted by molar-refractivity contribution is -0.112. The summed E-state index contributed by atoms with van der Waals surface area (Å²) in [6.45, 7) is 0.711. The van der Waals surface area contributed by atoms with Crippen LogP contribution in [0.15, 0.2) is 66.4 Å². The average molecular weight is 354 g/mol. The molecule has 1 amide bonds. The molecule has 0 atom stereocenters. The molecule has 0 spiro atoms. The lowest BCUT2D eigenvalue weighted by Crippen LogP contribution is -2.17. The number of anilines is 1. The second kappa shape index (κ2) is 10.2. The van der Waals surface area contributed by atoms with Crippen molar-refractivity contribution in [2.75, 3.05) is 11.9 Å². The van der Waals surface area contributed by atoms with Crippen molar-refractivity contribution in [3.8, 4) is 6.07 Å². The highest BCUT2D eigenvalue weighted by molar-refractivity contribution is 6.31. The Morgan fingerprint density at radius 3 is 2.64 bits per heavy atom. The zero-order chi connectivity index (χ0) is 17.9. The Kier molecular flexibility index (Phi) is 7.55. The van der Waals surface area contributed by atoms with Crippen molar-refractivity contribution >= 4 is 23.2 Å². The lowest BCUT2D eigenvalue weighted by atomic mass is 10.1. The van der Waals surface area contributed by atoms with Crippen LogP contribution in [0.3, 0.4) is 0 Å². The van der Waals surface area contributed by atoms with Crippen molar-refractivity contribution in [1.29, 1.82) is 5.26 Å². The molecule has 0 saturated heterocycles. The van der Waals surface area contributed by atoms with Crippen molar-refractivity contribution in [3.63, 3.8) is 0 Å². The molecule has 2 aromatic rings. The Bertz CT molecular complexity index is 766. The number of amides is 1. The van der Waals surface area contributed by atoms with Gasteiger partial charge in [-0.25, -0.2) is 0 Å². The van der Waals surface area contributed by atoms with Crippen LogP contribution in [0.4, 0.5) is 5.69 Å². The topological polar surface area (TPSA) is 64.9 Å². The molecule has 0 saturated carbocycles. The Morgan fingerprint density at radius 2 is 1.92 bits per heavy atom. The predicted molar refractivity (Wildman–Crippen MR) is 101 cm³/mol. The number of hydrogen-bond donors (Lipinski definition) is 2. The van der Waals surface area contributed by atoms with Crippen LogP contribution in [0.2, 0.25) is 5.02 Å². The van der Waals surface area contributed by atoms with Gasteiger partial charge in [-0.3, -0.25) is 4.79 Å². The first kappa shape index (κ1) is 18.6. The Labute approximate surface area is 153 Å². The minimum atomic E-state index is -0.457. The molecule has 25 heavy (non-hydrogen) atoms. The van der Waals surface area contributed by atoms with E-state index in [-0.39, 0.29) is 5.57 Å². The smallest absolute Gasteiger partial charge is 0.267 e. The standard InChI is InChI=1S/C20H20ClN3O/c21-18-10-6-11-19(13-18)24-20(25)17(14-22)15-23-12-5-4-9-16-7-2-1-3-8-16/h1-3,6-8,10-11,13,15,23H,4-5,9,12H2,(H,24,25)/b17-15-. The van der Waals surface area contributed by atoms with Gasteiger partial charge in [0.2, 0.25) is 0 Å². The molecule has 0 unspecified atom stereocenters. The number of nitrogens with zero attached hydrogens (tertiary/aromatic N) is 1. The molecule has 5 heteroatoms. The molecule has 2 rings (SSSR count). The quantitative estimate of drug-likeness (QED) is 0.422. The number of carbonyl (C=O) groups is 1. The third-order valence-electron chi connectivity index (χ3n) is 3.57. The summed E-state index contributed by atoms with van der Waals surface area (Å²) >= 11 is 5.87. The van der Waals surface area contributed by atoms with Gasteiger partial charge >= 0.3 is 0 Å². The van der Waals surface area contributed by atoms with Crippen LogP contribution >= 0.6 is 11.6 Å². The number of aryl methyl sites for hydroxylation is 1. The third-order valence-corrected chi connectivity index (χ3v) is 3.81. The second-order valence-electron chi connectivity index (χ2n) is 5.53. The third kappa shape index (κ3) is 6.70. The van der Waals surface area contributed by atoms with Crippen molar-refractivity contribution in [2.45, 2.75) is 19.3 Å². The van der Waals surface area contributed by atoms with Gasteiger partial charge in [0.05, 0.1) is 0 Å². The fraction of sp³-hybridized carbons (Fsp3) is 0.200. The number of hydrogen-bond acceptors (Lipinski definition) is 3. The Balaban J connectivity index is 1.74. The van der Waals surface area contributed by atoms with Gasteiger partial charge in [-0.05, 0) is 43.0 Å². The zero-order valence-corrected chi connectivity index (χ0v) is 14.6. The highest BCUT2D eigenvalue weighted by Gasteiger charge is 2.09. The average Bonchev–Trinajstić information content (AvgIpc) is 2.62. The summed E-state index contributed by atoms with van der Waals surface area (Å²) in [6.07, 6.45) is 4.48. The van der Waals surface area contributed by atoms with E-state index in [0.29, 0.717) is 17.3 Å². The van der Waals surface area contributed by atoms with E-state index in [1.54, 1.807) is 24.3 Å². The molecular weight excluding hydrogens is 334 g/mol. The molecule has 0 aromatic heterocycles. The molecule has 0 heterocycles. The molecule has 128 valence electrons. The number of nitrogens with one attached hydrogen (secondary N) is 2. The molecular formula is C20H20ClN3O. The molecule has 4 nitrogen and oxygen atoms in total. The van der Waals surface area contributed by atoms with Crippen LogP contribution in [0.1, 0.15) is 18.4 Å². The molecule has 0 radical (unpaired) electrons. The van der Waals surface area contributed by atoms with E-state index in [0.717, 1.165) is 19.3 Å². The minimum Gasteiger partial charge on any atom is -0.390 e. The maximum Gasteiger partial charge on any atom is 0.267 e. The maximum absolute atomic E-state index is 12.1. The molecule has 0 aliphatic heterocycles. The van der Waals surface area contributed by atoms with Crippen LogP contribution in [0.5, 0.6) is 0 Å². The van der Waals surface area contributed by atoms with Crippen LogP contribution in [0.25, 0.3) is 0 Å². The largest absolute Gasteiger partial charge is 0.390 e. The van der Waals surface area contributed by atoms with Gasteiger partial charge in [0.25, 0.3) is 5.91 Å². The van der Waals surface area contributed by atoms with E-state index in [9.17, 15) is 4.79 Å². The Morgan fingerprint density at radius 1 is 1.12 bits per heavy atom. The fourth-order valence-corrected chi connectivity index (χ4v) is 2.48. The van der Waals surface area contributed by atoms with Crippen LogP contribution in [0, 0.1) is 11.3 Å². The van der Waals surface area contributed by atoms with Crippen molar-refractivity contribution < 1.29 is 4.79 Å². The number of carbonyl (C=O) groups excluding carboxylic acids is 1. The highest BCUT2D eigenvalue weighted by atomic mass is 35.5. The number of unbranched alkanes of at least 4 members (excludes halogenated alkanes) is 1. The predicted octanol–water partition coefficient (Wildman–Crippen LogP) is 4.30. The summed E-state index contributed by atoms with van der Waals surface area (Å²) in [5.74, 6) is -0.457. The summed E-state index contributed by atoms with van der Waals surface area (Å²) in [6, 6.07) is 19.0. The van der Waals surface area contributed by atoms with Crippen LogP contribution in [-0.4, -0.2) is 12.5 Å². The molecule has 0 fully saturated rings. The summed E-state index contributed by atoms with van der Waals surface area (Å²) in [5.41, 5.74) is 1.90. The second-order valence-corrected chi connectivity index (χ2v) is 5.97. The first-order valence-corrected chi connectivity index (χ1v) is 8.51. The summed E-state index contributed by atoms with van der Waals surface area (Å²) < 4.78 is 0. The number of nitriles is 1. The van der Waals surface area contributed by atoms with Gasteiger partial charge in [0.1, 0.15) is 11.6 Å². The first-order chi connectivity index (χ1) is 12.2. The fourth-order valence-electron chi connectivity index (χ4n) is 2.29. The maximum atomic E-state index is 12.1. The number of benzene rings is 2. The highest BCUT2D eigenvalue weighted by Crippen LogP contribution is 2.15. The van der Waals surface area contributed by atoms with Gasteiger partial charge < -0.3 is 10.6 Å². The lowest BCUT2D eigenvalue weighted by Gasteiger charge is -2.06. The van der Waals surface area contributed by atoms with E-state index in [1.807, 2.05) is 24.3 Å². The van der Waals surface area contributed by atoms with E-state index in [2.05, 4.69) is 22.8 Å².